The normalized spacial score (nSPS) is 21.4. The van der Waals surface area contributed by atoms with Crippen LogP contribution in [0.2, 0.25) is 0 Å². The van der Waals surface area contributed by atoms with Gasteiger partial charge >= 0.3 is 0 Å². The topological polar surface area (TPSA) is 91.3 Å². The van der Waals surface area contributed by atoms with Crippen molar-refractivity contribution in [1.82, 2.24) is 14.5 Å². The van der Waals surface area contributed by atoms with Crippen molar-refractivity contribution in [2.75, 3.05) is 65.6 Å². The number of morpholine rings is 1. The summed E-state index contributed by atoms with van der Waals surface area (Å²) in [4.78, 5) is 2.44. The second-order valence-corrected chi connectivity index (χ2v) is 8.44. The summed E-state index contributed by atoms with van der Waals surface area (Å²) in [5.41, 5.74) is 0. The van der Waals surface area contributed by atoms with Gasteiger partial charge in [-0.2, -0.15) is 4.31 Å². The first-order chi connectivity index (χ1) is 12.6. The zero-order chi connectivity index (χ0) is 18.4. The van der Waals surface area contributed by atoms with Gasteiger partial charge in [0, 0.05) is 45.8 Å². The van der Waals surface area contributed by atoms with E-state index in [0.717, 1.165) is 26.2 Å². The Morgan fingerprint density at radius 2 is 1.77 bits per heavy atom. The molecule has 1 aromatic rings. The van der Waals surface area contributed by atoms with Gasteiger partial charge in [0.25, 0.3) is 0 Å². The van der Waals surface area contributed by atoms with Gasteiger partial charge in [0.15, 0.2) is 0 Å². The van der Waals surface area contributed by atoms with Crippen molar-refractivity contribution in [3.8, 4) is 5.75 Å². The second-order valence-electron chi connectivity index (χ2n) is 6.50. The molecule has 0 radical (unpaired) electrons. The number of hydrogen-bond acceptors (Lipinski definition) is 7. The molecule has 2 heterocycles. The van der Waals surface area contributed by atoms with Crippen LogP contribution >= 0.6 is 0 Å². The number of piperazine rings is 1. The molecular formula is C17H27N3O5S. The van der Waals surface area contributed by atoms with Crippen LogP contribution in [0.3, 0.4) is 0 Å². The third-order valence-electron chi connectivity index (χ3n) is 4.55. The van der Waals surface area contributed by atoms with Gasteiger partial charge < -0.3 is 19.9 Å². The van der Waals surface area contributed by atoms with E-state index >= 15 is 0 Å². The van der Waals surface area contributed by atoms with Crippen LogP contribution in [-0.2, 0) is 14.8 Å². The van der Waals surface area contributed by atoms with E-state index in [2.05, 4.69) is 10.2 Å². The Hall–Kier alpha value is -1.23. The molecule has 1 atom stereocenters. The van der Waals surface area contributed by atoms with E-state index in [4.69, 9.17) is 9.47 Å². The van der Waals surface area contributed by atoms with Gasteiger partial charge in [-0.1, -0.05) is 0 Å². The van der Waals surface area contributed by atoms with E-state index < -0.39 is 16.1 Å². The van der Waals surface area contributed by atoms with Crippen molar-refractivity contribution in [3.63, 3.8) is 0 Å². The first-order valence-electron chi connectivity index (χ1n) is 8.97. The van der Waals surface area contributed by atoms with Gasteiger partial charge in [-0.25, -0.2) is 8.42 Å². The van der Waals surface area contributed by atoms with E-state index in [-0.39, 0.29) is 11.5 Å². The lowest BCUT2D eigenvalue weighted by Gasteiger charge is -2.29. The third-order valence-corrected chi connectivity index (χ3v) is 6.47. The average molecular weight is 385 g/mol. The number of rotatable bonds is 7. The molecule has 0 saturated carbocycles. The number of aliphatic hydroxyl groups excluding tert-OH is 1. The van der Waals surface area contributed by atoms with E-state index in [1.165, 1.54) is 4.31 Å². The molecule has 0 spiro atoms. The fourth-order valence-corrected chi connectivity index (χ4v) is 4.49. The summed E-state index contributed by atoms with van der Waals surface area (Å²) in [6.07, 6.45) is -0.579. The summed E-state index contributed by atoms with van der Waals surface area (Å²) < 4.78 is 37.4. The van der Waals surface area contributed by atoms with E-state index in [0.29, 0.717) is 38.6 Å². The van der Waals surface area contributed by atoms with Crippen LogP contribution in [-0.4, -0.2) is 94.5 Å². The molecule has 0 unspecified atom stereocenters. The SMILES string of the molecule is O=S(=O)(c1ccc(OC[C@H](O)CN2CCNCC2)cc1)N1CCOCC1. The highest BCUT2D eigenvalue weighted by atomic mass is 32.2. The largest absolute Gasteiger partial charge is 0.491 e. The highest BCUT2D eigenvalue weighted by molar-refractivity contribution is 7.89. The smallest absolute Gasteiger partial charge is 0.243 e. The first kappa shape index (κ1) is 19.5. The molecule has 8 nitrogen and oxygen atoms in total. The molecule has 9 heteroatoms. The Bertz CT molecular complexity index is 655. The maximum atomic E-state index is 12.6. The zero-order valence-corrected chi connectivity index (χ0v) is 15.7. The lowest BCUT2D eigenvalue weighted by atomic mass is 10.3. The molecule has 2 aliphatic heterocycles. The standard InChI is InChI=1S/C17H27N3O5S/c21-15(13-19-7-5-18-6-8-19)14-25-16-1-3-17(4-2-16)26(22,23)20-9-11-24-12-10-20/h1-4,15,18,21H,5-14H2/t15-/m1/s1. The van der Waals surface area contributed by atoms with Gasteiger partial charge in [0.05, 0.1) is 18.1 Å². The molecular weight excluding hydrogens is 358 g/mol. The molecule has 3 rings (SSSR count). The van der Waals surface area contributed by atoms with Crippen LogP contribution in [0, 0.1) is 0 Å². The van der Waals surface area contributed by atoms with Crippen LogP contribution < -0.4 is 10.1 Å². The van der Waals surface area contributed by atoms with E-state index in [1.807, 2.05) is 0 Å². The quantitative estimate of drug-likeness (QED) is 0.645. The van der Waals surface area contributed by atoms with Crippen molar-refractivity contribution in [2.45, 2.75) is 11.0 Å². The first-order valence-corrected chi connectivity index (χ1v) is 10.4. The number of ether oxygens (including phenoxy) is 2. The minimum atomic E-state index is -3.49. The Kier molecular flexibility index (Phi) is 6.85. The summed E-state index contributed by atoms with van der Waals surface area (Å²) >= 11 is 0. The summed E-state index contributed by atoms with van der Waals surface area (Å²) in [5, 5.41) is 13.4. The van der Waals surface area contributed by atoms with Gasteiger partial charge in [0.1, 0.15) is 18.5 Å². The summed E-state index contributed by atoms with van der Waals surface area (Å²) in [6.45, 7) is 6.06. The maximum Gasteiger partial charge on any atom is 0.243 e. The molecule has 2 aliphatic rings. The Labute approximate surface area is 154 Å². The average Bonchev–Trinajstić information content (AvgIpc) is 2.68. The van der Waals surface area contributed by atoms with E-state index in [1.54, 1.807) is 24.3 Å². The number of nitrogens with one attached hydrogen (secondary N) is 1. The molecule has 2 N–H and O–H groups in total. The fourth-order valence-electron chi connectivity index (χ4n) is 3.08. The fraction of sp³-hybridized carbons (Fsp3) is 0.647. The number of hydrogen-bond donors (Lipinski definition) is 2. The van der Waals surface area contributed by atoms with Crippen LogP contribution in [0.5, 0.6) is 5.75 Å². The van der Waals surface area contributed by atoms with Crippen molar-refractivity contribution in [3.05, 3.63) is 24.3 Å². The van der Waals surface area contributed by atoms with Gasteiger partial charge in [0.2, 0.25) is 10.0 Å². The van der Waals surface area contributed by atoms with Crippen molar-refractivity contribution in [2.24, 2.45) is 0 Å². The molecule has 0 amide bonds. The Morgan fingerprint density at radius 3 is 2.42 bits per heavy atom. The number of sulfonamides is 1. The highest BCUT2D eigenvalue weighted by Crippen LogP contribution is 2.20. The van der Waals surface area contributed by atoms with Crippen molar-refractivity contribution in [1.29, 1.82) is 0 Å². The number of aliphatic hydroxyl groups is 1. The molecule has 0 aliphatic carbocycles. The number of benzene rings is 1. The molecule has 0 bridgehead atoms. The minimum absolute atomic E-state index is 0.180. The molecule has 146 valence electrons. The monoisotopic (exact) mass is 385 g/mol. The third kappa shape index (κ3) is 5.15. The number of nitrogens with zero attached hydrogens (tertiary/aromatic N) is 2. The summed E-state index contributed by atoms with van der Waals surface area (Å²) in [6, 6.07) is 6.35. The maximum absolute atomic E-state index is 12.6. The van der Waals surface area contributed by atoms with Crippen LogP contribution in [0.1, 0.15) is 0 Å². The lowest BCUT2D eigenvalue weighted by Crippen LogP contribution is -2.47. The lowest BCUT2D eigenvalue weighted by molar-refractivity contribution is 0.0641. The van der Waals surface area contributed by atoms with Crippen molar-refractivity contribution >= 4 is 10.0 Å². The second kappa shape index (κ2) is 9.12. The number of β-amino-alcohol motifs (C(OH)–C–C–N with tert-alkyl or cyclic N) is 1. The van der Waals surface area contributed by atoms with Gasteiger partial charge in [-0.3, -0.25) is 4.90 Å². The molecule has 0 aromatic heterocycles. The predicted octanol–water partition coefficient (Wildman–Crippen LogP) is -0.648. The van der Waals surface area contributed by atoms with Gasteiger partial charge in [-0.15, -0.1) is 0 Å². The predicted molar refractivity (Wildman–Crippen MR) is 96.8 cm³/mol. The zero-order valence-electron chi connectivity index (χ0n) is 14.8. The van der Waals surface area contributed by atoms with E-state index in [9.17, 15) is 13.5 Å². The highest BCUT2D eigenvalue weighted by Gasteiger charge is 2.26. The van der Waals surface area contributed by atoms with Crippen LogP contribution in [0.15, 0.2) is 29.2 Å². The molecule has 2 fully saturated rings. The van der Waals surface area contributed by atoms with Crippen LogP contribution in [0.25, 0.3) is 0 Å². The summed E-state index contributed by atoms with van der Waals surface area (Å²) in [5.74, 6) is 0.547. The summed E-state index contributed by atoms with van der Waals surface area (Å²) in [7, 11) is -3.49. The van der Waals surface area contributed by atoms with Crippen LogP contribution in [0.4, 0.5) is 0 Å². The molecule has 26 heavy (non-hydrogen) atoms. The van der Waals surface area contributed by atoms with Gasteiger partial charge in [-0.05, 0) is 24.3 Å². The molecule has 1 aromatic carbocycles. The Balaban J connectivity index is 1.50. The minimum Gasteiger partial charge on any atom is -0.491 e. The Morgan fingerprint density at radius 1 is 1.12 bits per heavy atom. The van der Waals surface area contributed by atoms with Crippen molar-refractivity contribution < 1.29 is 23.0 Å². The molecule has 2 saturated heterocycles.